The second-order valence-corrected chi connectivity index (χ2v) is 2.42. The van der Waals surface area contributed by atoms with Gasteiger partial charge < -0.3 is 9.57 Å². The Bertz CT molecular complexity index is 215. The zero-order valence-corrected chi connectivity index (χ0v) is 8.49. The van der Waals surface area contributed by atoms with Crippen LogP contribution in [0.5, 0.6) is 0 Å². The highest BCUT2D eigenvalue weighted by Crippen LogP contribution is 1.98. The van der Waals surface area contributed by atoms with Gasteiger partial charge >= 0.3 is 12.1 Å². The van der Waals surface area contributed by atoms with Crippen molar-refractivity contribution in [2.24, 2.45) is 0 Å². The number of amides is 1. The Morgan fingerprint density at radius 1 is 1.43 bits per heavy atom. The number of rotatable bonds is 4. The Labute approximate surface area is 83.2 Å². The topological polar surface area (TPSA) is 55.8 Å². The summed E-state index contributed by atoms with van der Waals surface area (Å²) >= 11 is 0. The summed E-state index contributed by atoms with van der Waals surface area (Å²) in [6.07, 6.45) is 0.995. The summed E-state index contributed by atoms with van der Waals surface area (Å²) in [6, 6.07) is 0. The first kappa shape index (κ1) is 12.5. The highest BCUT2D eigenvalue weighted by atomic mass is 16.7. The van der Waals surface area contributed by atoms with Crippen LogP contribution < -0.4 is 0 Å². The average Bonchev–Trinajstić information content (AvgIpc) is 2.17. The van der Waals surface area contributed by atoms with Crippen molar-refractivity contribution in [3.05, 3.63) is 12.7 Å². The molecular weight excluding hydrogens is 186 g/mol. The van der Waals surface area contributed by atoms with E-state index in [4.69, 9.17) is 0 Å². The summed E-state index contributed by atoms with van der Waals surface area (Å²) in [5, 5.41) is 0.882. The molecule has 0 aliphatic heterocycles. The maximum Gasteiger partial charge on any atom is 0.443 e. The molecule has 0 aromatic heterocycles. The van der Waals surface area contributed by atoms with E-state index in [1.54, 1.807) is 6.92 Å². The summed E-state index contributed by atoms with van der Waals surface area (Å²) < 4.78 is 4.68. The number of ether oxygens (including phenoxy) is 1. The Kier molecular flexibility index (Phi) is 6.19. The van der Waals surface area contributed by atoms with Crippen LogP contribution in [0.1, 0.15) is 20.3 Å². The van der Waals surface area contributed by atoms with Gasteiger partial charge in [-0.2, -0.15) is 0 Å². The molecule has 0 spiro atoms. The van der Waals surface area contributed by atoms with E-state index in [2.05, 4.69) is 16.2 Å². The molecule has 0 saturated carbocycles. The number of carbonyl (C=O) groups is 2. The molecular formula is C9H15NO4. The molecule has 0 rings (SSSR count). The van der Waals surface area contributed by atoms with E-state index in [9.17, 15) is 9.59 Å². The van der Waals surface area contributed by atoms with Crippen LogP contribution in [-0.2, 0) is 14.4 Å². The molecule has 0 unspecified atom stereocenters. The van der Waals surface area contributed by atoms with Crippen molar-refractivity contribution in [2.45, 2.75) is 20.3 Å². The third-order valence-corrected chi connectivity index (χ3v) is 1.26. The minimum atomic E-state index is -0.675. The first-order valence-corrected chi connectivity index (χ1v) is 4.44. The minimum absolute atomic E-state index is 0.241. The van der Waals surface area contributed by atoms with Gasteiger partial charge in [-0.15, -0.1) is 5.06 Å². The van der Waals surface area contributed by atoms with E-state index in [1.165, 1.54) is 0 Å². The van der Waals surface area contributed by atoms with Crippen LogP contribution in [0.4, 0.5) is 4.79 Å². The van der Waals surface area contributed by atoms with Crippen molar-refractivity contribution in [2.75, 3.05) is 13.2 Å². The number of nitrogens with zero attached hydrogens (tertiary/aromatic N) is 1. The lowest BCUT2D eigenvalue weighted by atomic mass is 10.5. The SMILES string of the molecule is C=CC(=O)ON(CCC)C(=O)OCC. The van der Waals surface area contributed by atoms with Crippen LogP contribution in [0.2, 0.25) is 0 Å². The van der Waals surface area contributed by atoms with Crippen LogP contribution in [0.25, 0.3) is 0 Å². The van der Waals surface area contributed by atoms with Gasteiger partial charge in [-0.25, -0.2) is 9.59 Å². The lowest BCUT2D eigenvalue weighted by molar-refractivity contribution is -0.175. The zero-order chi connectivity index (χ0) is 11.0. The monoisotopic (exact) mass is 201 g/mol. The van der Waals surface area contributed by atoms with Crippen molar-refractivity contribution in [3.63, 3.8) is 0 Å². The molecule has 5 heteroatoms. The van der Waals surface area contributed by atoms with Crippen LogP contribution in [-0.4, -0.2) is 30.3 Å². The fourth-order valence-electron chi connectivity index (χ4n) is 0.719. The van der Waals surface area contributed by atoms with Crippen molar-refractivity contribution < 1.29 is 19.2 Å². The summed E-state index contributed by atoms with van der Waals surface area (Å²) in [4.78, 5) is 26.6. The highest BCUT2D eigenvalue weighted by Gasteiger charge is 2.17. The summed E-state index contributed by atoms with van der Waals surface area (Å²) in [5.74, 6) is -0.675. The quantitative estimate of drug-likeness (QED) is 0.511. The van der Waals surface area contributed by atoms with E-state index in [1.807, 2.05) is 6.92 Å². The molecule has 5 nitrogen and oxygen atoms in total. The smallest absolute Gasteiger partial charge is 0.443 e. The molecule has 14 heavy (non-hydrogen) atoms. The van der Waals surface area contributed by atoms with Gasteiger partial charge in [0.1, 0.15) is 0 Å². The van der Waals surface area contributed by atoms with Gasteiger partial charge in [0.2, 0.25) is 0 Å². The number of carbonyl (C=O) groups excluding carboxylic acids is 2. The van der Waals surface area contributed by atoms with E-state index in [0.29, 0.717) is 13.0 Å². The summed E-state index contributed by atoms with van der Waals surface area (Å²) in [5.41, 5.74) is 0. The van der Waals surface area contributed by atoms with E-state index in [-0.39, 0.29) is 6.61 Å². The molecule has 1 amide bonds. The lowest BCUT2D eigenvalue weighted by Gasteiger charge is -2.18. The van der Waals surface area contributed by atoms with Crippen molar-refractivity contribution in [1.82, 2.24) is 5.06 Å². The predicted octanol–water partition coefficient (Wildman–Crippen LogP) is 1.50. The molecule has 0 fully saturated rings. The second-order valence-electron chi connectivity index (χ2n) is 2.42. The summed E-state index contributed by atoms with van der Waals surface area (Å²) in [7, 11) is 0. The predicted molar refractivity (Wildman–Crippen MR) is 50.3 cm³/mol. The van der Waals surface area contributed by atoms with Gasteiger partial charge in [-0.3, -0.25) is 0 Å². The van der Waals surface area contributed by atoms with Gasteiger partial charge in [-0.05, 0) is 13.3 Å². The minimum Gasteiger partial charge on any atom is -0.448 e. The van der Waals surface area contributed by atoms with E-state index >= 15 is 0 Å². The van der Waals surface area contributed by atoms with E-state index in [0.717, 1.165) is 11.1 Å². The molecule has 0 aromatic rings. The Hall–Kier alpha value is -1.52. The van der Waals surface area contributed by atoms with Gasteiger partial charge in [0.05, 0.1) is 13.2 Å². The highest BCUT2D eigenvalue weighted by molar-refractivity contribution is 5.82. The third-order valence-electron chi connectivity index (χ3n) is 1.26. The molecule has 0 aliphatic carbocycles. The number of hydrogen-bond acceptors (Lipinski definition) is 4. The molecule has 0 bridgehead atoms. The Balaban J connectivity index is 4.19. The van der Waals surface area contributed by atoms with Crippen LogP contribution in [0, 0.1) is 0 Å². The van der Waals surface area contributed by atoms with Crippen molar-refractivity contribution in [3.8, 4) is 0 Å². The fourth-order valence-corrected chi connectivity index (χ4v) is 0.719. The van der Waals surface area contributed by atoms with Gasteiger partial charge in [0, 0.05) is 6.08 Å². The van der Waals surface area contributed by atoms with Crippen LogP contribution in [0.3, 0.4) is 0 Å². The number of hydrogen-bond donors (Lipinski definition) is 0. The maximum atomic E-state index is 11.2. The molecule has 0 aliphatic rings. The van der Waals surface area contributed by atoms with Crippen LogP contribution in [0.15, 0.2) is 12.7 Å². The van der Waals surface area contributed by atoms with Crippen molar-refractivity contribution >= 4 is 12.1 Å². The van der Waals surface area contributed by atoms with Crippen LogP contribution >= 0.6 is 0 Å². The molecule has 0 atom stereocenters. The zero-order valence-electron chi connectivity index (χ0n) is 8.49. The Morgan fingerprint density at radius 2 is 2.07 bits per heavy atom. The van der Waals surface area contributed by atoms with Gasteiger partial charge in [0.25, 0.3) is 0 Å². The molecule has 0 saturated heterocycles. The number of hydroxylamine groups is 2. The standard InChI is InChI=1S/C9H15NO4/c1-4-7-10(9(12)13-6-3)14-8(11)5-2/h5H,2,4,6-7H2,1,3H3. The molecule has 0 radical (unpaired) electrons. The normalized spacial score (nSPS) is 9.00. The van der Waals surface area contributed by atoms with Gasteiger partial charge in [0.15, 0.2) is 0 Å². The lowest BCUT2D eigenvalue weighted by Crippen LogP contribution is -2.34. The first-order valence-electron chi connectivity index (χ1n) is 4.44. The molecule has 0 aromatic carbocycles. The fraction of sp³-hybridized carbons (Fsp3) is 0.556. The van der Waals surface area contributed by atoms with E-state index < -0.39 is 12.1 Å². The Morgan fingerprint density at radius 3 is 2.50 bits per heavy atom. The molecule has 0 N–H and O–H groups in total. The first-order chi connectivity index (χ1) is 6.65. The van der Waals surface area contributed by atoms with Crippen molar-refractivity contribution in [1.29, 1.82) is 0 Å². The molecule has 80 valence electrons. The second kappa shape index (κ2) is 6.94. The molecule has 0 heterocycles. The third kappa shape index (κ3) is 4.49. The average molecular weight is 201 g/mol. The summed E-state index contributed by atoms with van der Waals surface area (Å²) in [6.45, 7) is 7.30. The van der Waals surface area contributed by atoms with Gasteiger partial charge in [-0.1, -0.05) is 13.5 Å². The largest absolute Gasteiger partial charge is 0.448 e. The maximum absolute atomic E-state index is 11.2.